The third-order valence-corrected chi connectivity index (χ3v) is 6.89. The maximum atomic E-state index is 13.0. The summed E-state index contributed by atoms with van der Waals surface area (Å²) < 4.78 is 7.27. The molecule has 2 aliphatic carbocycles. The van der Waals surface area contributed by atoms with Crippen LogP contribution in [0.15, 0.2) is 53.3 Å². The lowest BCUT2D eigenvalue weighted by atomic mass is 9.86. The van der Waals surface area contributed by atoms with E-state index in [9.17, 15) is 4.79 Å². The Bertz CT molecular complexity index is 1170. The van der Waals surface area contributed by atoms with E-state index in [4.69, 9.17) is 9.84 Å². The molecular formula is C23H22N4O2. The van der Waals surface area contributed by atoms with Crippen LogP contribution in [0.25, 0.3) is 22.6 Å². The van der Waals surface area contributed by atoms with Crippen LogP contribution >= 0.6 is 0 Å². The van der Waals surface area contributed by atoms with E-state index < -0.39 is 0 Å². The van der Waals surface area contributed by atoms with Crippen molar-refractivity contribution in [3.05, 3.63) is 58.9 Å². The lowest BCUT2D eigenvalue weighted by molar-refractivity contribution is 0.180. The number of aromatic nitrogens is 3. The highest BCUT2D eigenvalue weighted by molar-refractivity contribution is 5.77. The molecule has 2 heterocycles. The van der Waals surface area contributed by atoms with Crippen molar-refractivity contribution in [3.63, 3.8) is 0 Å². The Morgan fingerprint density at radius 2 is 1.97 bits per heavy atom. The quantitative estimate of drug-likeness (QED) is 0.724. The van der Waals surface area contributed by atoms with Crippen LogP contribution in [-0.4, -0.2) is 21.9 Å². The molecule has 3 aliphatic rings. The second-order valence-corrected chi connectivity index (χ2v) is 8.40. The van der Waals surface area contributed by atoms with E-state index in [2.05, 4.69) is 16.4 Å². The minimum absolute atomic E-state index is 0.295. The first kappa shape index (κ1) is 16.8. The van der Waals surface area contributed by atoms with Gasteiger partial charge in [-0.05, 0) is 68.0 Å². The van der Waals surface area contributed by atoms with Gasteiger partial charge in [0.15, 0.2) is 11.5 Å². The van der Waals surface area contributed by atoms with Gasteiger partial charge in [0, 0.05) is 22.7 Å². The van der Waals surface area contributed by atoms with Gasteiger partial charge >= 0.3 is 0 Å². The Hall–Kier alpha value is -3.15. The van der Waals surface area contributed by atoms with Crippen LogP contribution in [0.2, 0.25) is 0 Å². The number of fused-ring (bicyclic) bond motifs is 7. The van der Waals surface area contributed by atoms with Gasteiger partial charge in [0.05, 0.1) is 7.11 Å². The molecule has 2 bridgehead atoms. The van der Waals surface area contributed by atoms with Crippen molar-refractivity contribution in [2.45, 2.75) is 31.3 Å². The lowest BCUT2D eigenvalue weighted by Crippen LogP contribution is -2.51. The number of hydrogen-bond acceptors (Lipinski definition) is 5. The molecule has 2 saturated carbocycles. The molecule has 1 N–H and O–H groups in total. The Kier molecular flexibility index (Phi) is 3.43. The van der Waals surface area contributed by atoms with Crippen molar-refractivity contribution in [3.8, 4) is 28.4 Å². The fourth-order valence-electron chi connectivity index (χ4n) is 5.56. The third-order valence-electron chi connectivity index (χ3n) is 6.89. The van der Waals surface area contributed by atoms with Gasteiger partial charge in [-0.25, -0.2) is 4.68 Å². The van der Waals surface area contributed by atoms with Gasteiger partial charge in [-0.3, -0.25) is 4.79 Å². The summed E-state index contributed by atoms with van der Waals surface area (Å²) in [6.45, 7) is 0. The third kappa shape index (κ3) is 2.32. The number of rotatable bonds is 2. The Morgan fingerprint density at radius 1 is 1.14 bits per heavy atom. The summed E-state index contributed by atoms with van der Waals surface area (Å²) >= 11 is 0. The zero-order chi connectivity index (χ0) is 19.6. The first-order valence-corrected chi connectivity index (χ1v) is 10.2. The highest BCUT2D eigenvalue weighted by Gasteiger charge is 2.55. The van der Waals surface area contributed by atoms with Crippen molar-refractivity contribution in [1.29, 1.82) is 0 Å². The molecule has 6 nitrogen and oxygen atoms in total. The molecule has 6 heteroatoms. The zero-order valence-corrected chi connectivity index (χ0v) is 16.3. The number of methoxy groups -OCH3 is 1. The number of anilines is 1. The number of ether oxygens (including phenoxy) is 1. The van der Waals surface area contributed by atoms with Crippen LogP contribution in [0.3, 0.4) is 0 Å². The van der Waals surface area contributed by atoms with E-state index >= 15 is 0 Å². The van der Waals surface area contributed by atoms with Crippen LogP contribution in [-0.2, 0) is 5.66 Å². The molecule has 0 saturated heterocycles. The summed E-state index contributed by atoms with van der Waals surface area (Å²) in [5.74, 6) is 2.63. The van der Waals surface area contributed by atoms with Crippen LogP contribution < -0.4 is 15.6 Å². The van der Waals surface area contributed by atoms with Crippen LogP contribution in [0.5, 0.6) is 5.75 Å². The minimum atomic E-state index is -0.297. The molecule has 0 unspecified atom stereocenters. The highest BCUT2D eigenvalue weighted by atomic mass is 16.5. The predicted molar refractivity (Wildman–Crippen MR) is 111 cm³/mol. The molecule has 0 amide bonds. The fourth-order valence-corrected chi connectivity index (χ4v) is 5.56. The van der Waals surface area contributed by atoms with E-state index in [1.54, 1.807) is 7.11 Å². The summed E-state index contributed by atoms with van der Waals surface area (Å²) in [7, 11) is 1.63. The summed E-state index contributed by atoms with van der Waals surface area (Å²) in [6, 6.07) is 15.5. The zero-order valence-electron chi connectivity index (χ0n) is 16.3. The largest absolute Gasteiger partial charge is 0.497 e. The molecule has 146 valence electrons. The number of benzene rings is 2. The summed E-state index contributed by atoms with van der Waals surface area (Å²) in [5, 5.41) is 8.74. The Morgan fingerprint density at radius 3 is 2.69 bits per heavy atom. The van der Waals surface area contributed by atoms with Gasteiger partial charge in [-0.1, -0.05) is 12.1 Å². The Labute approximate surface area is 168 Å². The molecule has 6 rings (SSSR count). The molecule has 0 radical (unpaired) electrons. The van der Waals surface area contributed by atoms with Crippen molar-refractivity contribution < 1.29 is 4.74 Å². The molecule has 1 aromatic heterocycles. The van der Waals surface area contributed by atoms with E-state index in [-0.39, 0.29) is 11.2 Å². The standard InChI is InChI=1S/C23H22N4O2/c1-29-17-10-7-15(8-11-17)20-22(28)24-21-18-4-2-3-5-19(18)25-23(27(21)26-20)13-14-6-9-16(23)12-14/h2-5,7-8,10-11,14,16,25H,6,9,12-13H2,1H3/t14-,16-,23-/m0/s1. The molecule has 2 fully saturated rings. The normalized spacial score (nSPS) is 26.1. The maximum absolute atomic E-state index is 13.0. The van der Waals surface area contributed by atoms with E-state index in [0.717, 1.165) is 29.0 Å². The molecule has 2 aromatic carbocycles. The lowest BCUT2D eigenvalue weighted by Gasteiger charge is -2.44. The molecular weight excluding hydrogens is 364 g/mol. The maximum Gasteiger partial charge on any atom is 0.300 e. The molecule has 3 atom stereocenters. The van der Waals surface area contributed by atoms with Crippen molar-refractivity contribution in [1.82, 2.24) is 14.8 Å². The topological polar surface area (TPSA) is 69.0 Å². The van der Waals surface area contributed by atoms with Gasteiger partial charge in [0.2, 0.25) is 0 Å². The minimum Gasteiger partial charge on any atom is -0.497 e. The summed E-state index contributed by atoms with van der Waals surface area (Å²) in [6.07, 6.45) is 4.70. The summed E-state index contributed by atoms with van der Waals surface area (Å²) in [4.78, 5) is 17.5. The summed E-state index contributed by atoms with van der Waals surface area (Å²) in [5.41, 5.74) is 2.54. The number of hydrogen-bond donors (Lipinski definition) is 1. The van der Waals surface area contributed by atoms with Gasteiger partial charge in [-0.15, -0.1) is 0 Å². The van der Waals surface area contributed by atoms with Crippen molar-refractivity contribution >= 4 is 5.69 Å². The van der Waals surface area contributed by atoms with Crippen LogP contribution in [0.1, 0.15) is 25.7 Å². The second-order valence-electron chi connectivity index (χ2n) is 8.40. The van der Waals surface area contributed by atoms with Crippen molar-refractivity contribution in [2.24, 2.45) is 11.8 Å². The van der Waals surface area contributed by atoms with E-state index in [0.29, 0.717) is 23.4 Å². The molecule has 29 heavy (non-hydrogen) atoms. The Balaban J connectivity index is 1.58. The molecule has 1 spiro atoms. The highest BCUT2D eigenvalue weighted by Crippen LogP contribution is 2.57. The smallest absolute Gasteiger partial charge is 0.300 e. The van der Waals surface area contributed by atoms with Gasteiger partial charge < -0.3 is 10.1 Å². The molecule has 1 aliphatic heterocycles. The average Bonchev–Trinajstić information content (AvgIpc) is 3.35. The van der Waals surface area contributed by atoms with Crippen molar-refractivity contribution in [2.75, 3.05) is 12.4 Å². The first-order valence-electron chi connectivity index (χ1n) is 10.2. The first-order chi connectivity index (χ1) is 14.2. The van der Waals surface area contributed by atoms with Crippen LogP contribution in [0, 0.1) is 11.8 Å². The second kappa shape index (κ2) is 5.92. The predicted octanol–water partition coefficient (Wildman–Crippen LogP) is 3.88. The van der Waals surface area contributed by atoms with Crippen LogP contribution in [0.4, 0.5) is 5.69 Å². The fraction of sp³-hybridized carbons (Fsp3) is 0.348. The SMILES string of the molecule is COc1ccc(-c2nn3c(nc2=O)-c2ccccc2N[C@@]32C[C@H]3CC[C@H]2C3)cc1. The van der Waals surface area contributed by atoms with E-state index in [1.165, 1.54) is 19.3 Å². The van der Waals surface area contributed by atoms with E-state index in [1.807, 2.05) is 47.1 Å². The number of para-hydroxylation sites is 1. The van der Waals surface area contributed by atoms with Gasteiger partial charge in [-0.2, -0.15) is 10.1 Å². The number of nitrogens with one attached hydrogen (secondary N) is 1. The van der Waals surface area contributed by atoms with Gasteiger partial charge in [0.1, 0.15) is 11.4 Å². The number of nitrogens with zero attached hydrogens (tertiary/aromatic N) is 3. The monoisotopic (exact) mass is 386 g/mol. The average molecular weight is 386 g/mol. The van der Waals surface area contributed by atoms with Gasteiger partial charge in [0.25, 0.3) is 5.56 Å². The molecule has 3 aromatic rings.